The number of allylic oxidation sites excluding steroid dienone is 1. The van der Waals surface area contributed by atoms with Crippen LogP contribution in [0.25, 0.3) is 11.1 Å². The number of piperidine rings is 1. The Labute approximate surface area is 183 Å². The minimum absolute atomic E-state index is 0.160. The molecule has 0 amide bonds. The van der Waals surface area contributed by atoms with E-state index >= 15 is 0 Å². The second-order valence-corrected chi connectivity index (χ2v) is 8.04. The number of phenolic OH excluding ortho intramolecular Hbond substituents is 2. The minimum atomic E-state index is -0.482. The van der Waals surface area contributed by atoms with Crippen molar-refractivity contribution in [3.05, 3.63) is 53.6 Å². The second-order valence-electron chi connectivity index (χ2n) is 8.04. The average molecular weight is 420 g/mol. The van der Waals surface area contributed by atoms with Crippen LogP contribution in [0.15, 0.2) is 42.5 Å². The normalized spacial score (nSPS) is 18.7. The molecule has 2 aliphatic rings. The Balaban J connectivity index is 1.48. The van der Waals surface area contributed by atoms with Gasteiger partial charge in [0.15, 0.2) is 6.10 Å². The molecule has 0 aromatic heterocycles. The van der Waals surface area contributed by atoms with Gasteiger partial charge in [-0.1, -0.05) is 30.4 Å². The summed E-state index contributed by atoms with van der Waals surface area (Å²) in [5.41, 5.74) is 3.87. The van der Waals surface area contributed by atoms with E-state index in [4.69, 9.17) is 9.47 Å². The van der Waals surface area contributed by atoms with Gasteiger partial charge in [-0.05, 0) is 68.3 Å². The number of rotatable bonds is 5. The lowest BCUT2D eigenvalue weighted by atomic mass is 9.89. The molecular formula is C26H29NO4. The Hall–Kier alpha value is -2.94. The van der Waals surface area contributed by atoms with Crippen molar-refractivity contribution in [3.8, 4) is 29.1 Å². The van der Waals surface area contributed by atoms with Crippen LogP contribution in [0, 0.1) is 11.8 Å². The van der Waals surface area contributed by atoms with Gasteiger partial charge in [-0.2, -0.15) is 0 Å². The van der Waals surface area contributed by atoms with E-state index in [0.29, 0.717) is 19.0 Å². The molecule has 1 unspecified atom stereocenters. The van der Waals surface area contributed by atoms with Gasteiger partial charge < -0.3 is 24.6 Å². The minimum Gasteiger partial charge on any atom is -0.508 e. The third-order valence-corrected chi connectivity index (χ3v) is 5.87. The quantitative estimate of drug-likeness (QED) is 0.559. The van der Waals surface area contributed by atoms with Gasteiger partial charge in [0.2, 0.25) is 0 Å². The van der Waals surface area contributed by atoms with Crippen molar-refractivity contribution in [3.63, 3.8) is 0 Å². The van der Waals surface area contributed by atoms with E-state index in [2.05, 4.69) is 16.7 Å². The molecule has 5 heteroatoms. The van der Waals surface area contributed by atoms with E-state index in [0.717, 1.165) is 41.9 Å². The first-order chi connectivity index (χ1) is 15.1. The number of hydrogen-bond acceptors (Lipinski definition) is 5. The molecule has 31 heavy (non-hydrogen) atoms. The summed E-state index contributed by atoms with van der Waals surface area (Å²) in [5, 5.41) is 19.5. The Morgan fingerprint density at radius 1 is 1.03 bits per heavy atom. The first-order valence-electron chi connectivity index (χ1n) is 10.9. The van der Waals surface area contributed by atoms with Crippen molar-refractivity contribution >= 4 is 11.1 Å². The fourth-order valence-corrected chi connectivity index (χ4v) is 4.19. The second kappa shape index (κ2) is 9.91. The first-order valence-corrected chi connectivity index (χ1v) is 10.9. The lowest BCUT2D eigenvalue weighted by Gasteiger charge is -2.28. The predicted molar refractivity (Wildman–Crippen MR) is 122 cm³/mol. The van der Waals surface area contributed by atoms with Crippen LogP contribution < -0.4 is 4.74 Å². The number of ether oxygens (including phenoxy) is 2. The molecular weight excluding hydrogens is 390 g/mol. The molecule has 2 N–H and O–H groups in total. The number of phenols is 2. The van der Waals surface area contributed by atoms with E-state index in [1.165, 1.54) is 19.3 Å². The van der Waals surface area contributed by atoms with Crippen molar-refractivity contribution in [1.82, 2.24) is 4.90 Å². The van der Waals surface area contributed by atoms with Gasteiger partial charge in [0, 0.05) is 23.7 Å². The highest BCUT2D eigenvalue weighted by molar-refractivity contribution is 5.96. The van der Waals surface area contributed by atoms with Crippen molar-refractivity contribution in [2.75, 3.05) is 32.8 Å². The number of aromatic hydroxyl groups is 2. The monoisotopic (exact) mass is 419 g/mol. The van der Waals surface area contributed by atoms with Crippen LogP contribution >= 0.6 is 0 Å². The molecule has 2 aromatic carbocycles. The number of hydrogen-bond donors (Lipinski definition) is 2. The molecule has 0 bridgehead atoms. The van der Waals surface area contributed by atoms with Crippen LogP contribution in [0.2, 0.25) is 0 Å². The van der Waals surface area contributed by atoms with Gasteiger partial charge >= 0.3 is 0 Å². The Morgan fingerprint density at radius 3 is 2.55 bits per heavy atom. The highest BCUT2D eigenvalue weighted by atomic mass is 16.5. The molecule has 5 nitrogen and oxygen atoms in total. The zero-order chi connectivity index (χ0) is 21.6. The largest absolute Gasteiger partial charge is 0.508 e. The summed E-state index contributed by atoms with van der Waals surface area (Å²) in [6.45, 7) is 6.34. The van der Waals surface area contributed by atoms with Crippen LogP contribution in [0.5, 0.6) is 17.2 Å². The van der Waals surface area contributed by atoms with Gasteiger partial charge in [0.25, 0.3) is 0 Å². The van der Waals surface area contributed by atoms with Gasteiger partial charge in [0.1, 0.15) is 23.9 Å². The molecule has 0 spiro atoms. The van der Waals surface area contributed by atoms with Gasteiger partial charge in [-0.3, -0.25) is 0 Å². The smallest absolute Gasteiger partial charge is 0.185 e. The summed E-state index contributed by atoms with van der Waals surface area (Å²) >= 11 is 0. The number of likely N-dealkylation sites (tertiary alicyclic amines) is 1. The zero-order valence-corrected chi connectivity index (χ0v) is 17.9. The molecule has 2 aliphatic heterocycles. The van der Waals surface area contributed by atoms with E-state index in [-0.39, 0.29) is 11.5 Å². The van der Waals surface area contributed by atoms with Gasteiger partial charge in [-0.25, -0.2) is 0 Å². The van der Waals surface area contributed by atoms with Crippen LogP contribution in [-0.4, -0.2) is 54.1 Å². The molecule has 0 radical (unpaired) electrons. The molecule has 1 atom stereocenters. The summed E-state index contributed by atoms with van der Waals surface area (Å²) < 4.78 is 11.9. The number of fused-ring (bicyclic) bond motifs is 1. The summed E-state index contributed by atoms with van der Waals surface area (Å²) in [5.74, 6) is 7.30. The lowest BCUT2D eigenvalue weighted by molar-refractivity contribution is 0.117. The van der Waals surface area contributed by atoms with Crippen LogP contribution in [-0.2, 0) is 4.74 Å². The van der Waals surface area contributed by atoms with Crippen molar-refractivity contribution < 1.29 is 19.7 Å². The molecule has 1 saturated heterocycles. The summed E-state index contributed by atoms with van der Waals surface area (Å²) in [6.07, 6.45) is 3.41. The van der Waals surface area contributed by atoms with Crippen LogP contribution in [0.3, 0.4) is 0 Å². The number of benzene rings is 2. The topological polar surface area (TPSA) is 62.2 Å². The zero-order valence-electron chi connectivity index (χ0n) is 17.9. The molecule has 162 valence electrons. The highest BCUT2D eigenvalue weighted by Crippen LogP contribution is 2.41. The van der Waals surface area contributed by atoms with Gasteiger partial charge in [-0.15, -0.1) is 0 Å². The van der Waals surface area contributed by atoms with Crippen molar-refractivity contribution in [2.24, 2.45) is 0 Å². The molecule has 0 saturated carbocycles. The van der Waals surface area contributed by atoms with E-state index in [9.17, 15) is 10.2 Å². The SMILES string of the molecule is CC1=C(c2ccc(O)cc2)C(C#CCOCCN2CCCCC2)Oc2cc(O)ccc21. The maximum absolute atomic E-state index is 9.87. The van der Waals surface area contributed by atoms with E-state index < -0.39 is 6.10 Å². The van der Waals surface area contributed by atoms with Crippen LogP contribution in [0.1, 0.15) is 37.3 Å². The van der Waals surface area contributed by atoms with Crippen molar-refractivity contribution in [1.29, 1.82) is 0 Å². The molecule has 0 aliphatic carbocycles. The third-order valence-electron chi connectivity index (χ3n) is 5.87. The van der Waals surface area contributed by atoms with E-state index in [1.807, 2.05) is 25.1 Å². The van der Waals surface area contributed by atoms with E-state index in [1.54, 1.807) is 24.3 Å². The summed E-state index contributed by atoms with van der Waals surface area (Å²) in [4.78, 5) is 2.44. The highest BCUT2D eigenvalue weighted by Gasteiger charge is 2.27. The molecule has 4 rings (SSSR count). The summed E-state index contributed by atoms with van der Waals surface area (Å²) in [7, 11) is 0. The molecule has 2 aromatic rings. The predicted octanol–water partition coefficient (Wildman–Crippen LogP) is 4.30. The molecule has 1 fully saturated rings. The first kappa shape index (κ1) is 21.3. The Bertz CT molecular complexity index is 994. The van der Waals surface area contributed by atoms with Crippen molar-refractivity contribution in [2.45, 2.75) is 32.3 Å². The molecule has 2 heterocycles. The maximum atomic E-state index is 9.87. The van der Waals surface area contributed by atoms with Crippen LogP contribution in [0.4, 0.5) is 0 Å². The Morgan fingerprint density at radius 2 is 1.77 bits per heavy atom. The number of nitrogens with zero attached hydrogens (tertiary/aromatic N) is 1. The average Bonchev–Trinajstić information content (AvgIpc) is 2.78. The maximum Gasteiger partial charge on any atom is 0.185 e. The van der Waals surface area contributed by atoms with Gasteiger partial charge in [0.05, 0.1) is 6.61 Å². The fourth-order valence-electron chi connectivity index (χ4n) is 4.19. The summed E-state index contributed by atoms with van der Waals surface area (Å²) in [6, 6.07) is 12.2. The fraction of sp³-hybridized carbons (Fsp3) is 0.385. The lowest BCUT2D eigenvalue weighted by Crippen LogP contribution is -2.32. The third kappa shape index (κ3) is 5.22. The standard InChI is InChI=1S/C26H29NO4/c1-19-23-12-11-22(29)18-25(23)31-24(26(19)20-7-9-21(28)10-8-20)6-5-16-30-17-15-27-13-3-2-4-14-27/h7-12,18,24,28-29H,2-4,13-17H2,1H3. The Kier molecular flexibility index (Phi) is 6.81.